The van der Waals surface area contributed by atoms with E-state index in [4.69, 9.17) is 0 Å². The number of aromatic nitrogens is 4. The fraction of sp³-hybridized carbons (Fsp3) is 0.529. The first-order valence-electron chi connectivity index (χ1n) is 8.05. The molecule has 0 aromatic carbocycles. The van der Waals surface area contributed by atoms with E-state index in [1.54, 1.807) is 18.6 Å². The van der Waals surface area contributed by atoms with Crippen LogP contribution in [0.25, 0.3) is 11.3 Å². The molecule has 0 atom stereocenters. The van der Waals surface area contributed by atoms with Crippen LogP contribution in [-0.2, 0) is 4.79 Å². The molecule has 3 heterocycles. The van der Waals surface area contributed by atoms with E-state index in [0.29, 0.717) is 5.92 Å². The lowest BCUT2D eigenvalue weighted by Crippen LogP contribution is -2.43. The van der Waals surface area contributed by atoms with Crippen molar-refractivity contribution in [2.24, 2.45) is 5.41 Å². The van der Waals surface area contributed by atoms with Crippen LogP contribution in [0.3, 0.4) is 0 Å². The number of carbonyl (C=O) groups excluding carboxylic acids is 1. The van der Waals surface area contributed by atoms with Gasteiger partial charge in [0, 0.05) is 42.4 Å². The fourth-order valence-electron chi connectivity index (χ4n) is 2.94. The minimum absolute atomic E-state index is 0.234. The van der Waals surface area contributed by atoms with Gasteiger partial charge in [-0.1, -0.05) is 20.8 Å². The number of hydrogen-bond acceptors (Lipinski definition) is 4. The highest BCUT2D eigenvalue weighted by molar-refractivity contribution is 5.81. The van der Waals surface area contributed by atoms with Crippen molar-refractivity contribution in [1.29, 1.82) is 0 Å². The Morgan fingerprint density at radius 3 is 2.43 bits per heavy atom. The Hall–Kier alpha value is -2.24. The second-order valence-electron chi connectivity index (χ2n) is 7.13. The van der Waals surface area contributed by atoms with Crippen LogP contribution in [0.1, 0.15) is 45.2 Å². The van der Waals surface area contributed by atoms with Crippen LogP contribution in [0.2, 0.25) is 0 Å². The van der Waals surface area contributed by atoms with E-state index in [-0.39, 0.29) is 11.3 Å². The number of amides is 1. The zero-order valence-corrected chi connectivity index (χ0v) is 13.9. The molecule has 23 heavy (non-hydrogen) atoms. The summed E-state index contributed by atoms with van der Waals surface area (Å²) in [4.78, 5) is 23.4. The Bertz CT molecular complexity index is 649. The molecule has 6 nitrogen and oxygen atoms in total. The van der Waals surface area contributed by atoms with Crippen molar-refractivity contribution < 1.29 is 4.79 Å². The molecule has 1 N–H and O–H groups in total. The smallest absolute Gasteiger partial charge is 0.227 e. The van der Waals surface area contributed by atoms with Gasteiger partial charge in [0.25, 0.3) is 0 Å². The molecular weight excluding hydrogens is 290 g/mol. The second kappa shape index (κ2) is 6.10. The number of aromatic amines is 1. The van der Waals surface area contributed by atoms with E-state index in [0.717, 1.165) is 42.9 Å². The summed E-state index contributed by atoms with van der Waals surface area (Å²) in [6, 6.07) is 0. The fourth-order valence-corrected chi connectivity index (χ4v) is 2.94. The molecular formula is C17H23N5O. The number of nitrogens with zero attached hydrogens (tertiary/aromatic N) is 4. The minimum atomic E-state index is -0.307. The maximum atomic E-state index is 12.3. The summed E-state index contributed by atoms with van der Waals surface area (Å²) in [6.45, 7) is 7.52. The second-order valence-corrected chi connectivity index (χ2v) is 7.13. The summed E-state index contributed by atoms with van der Waals surface area (Å²) in [5.41, 5.74) is 2.47. The average molecular weight is 313 g/mol. The first kappa shape index (κ1) is 15.6. The van der Waals surface area contributed by atoms with E-state index in [9.17, 15) is 4.79 Å². The number of likely N-dealkylation sites (tertiary alicyclic amines) is 1. The van der Waals surface area contributed by atoms with Crippen LogP contribution >= 0.6 is 0 Å². The topological polar surface area (TPSA) is 74.8 Å². The molecule has 2 aromatic heterocycles. The summed E-state index contributed by atoms with van der Waals surface area (Å²) in [5, 5.41) is 6.70. The molecule has 0 radical (unpaired) electrons. The lowest BCUT2D eigenvalue weighted by atomic mass is 9.90. The summed E-state index contributed by atoms with van der Waals surface area (Å²) in [7, 11) is 0. The largest absolute Gasteiger partial charge is 0.342 e. The zero-order valence-electron chi connectivity index (χ0n) is 13.9. The molecule has 1 saturated heterocycles. The van der Waals surface area contributed by atoms with Gasteiger partial charge in [-0.2, -0.15) is 5.10 Å². The van der Waals surface area contributed by atoms with Crippen LogP contribution in [0.4, 0.5) is 0 Å². The SMILES string of the molecule is CC(C)(C)C(=O)N1CCC(c2cnc(-c3cn[nH]c3)cn2)CC1. The molecule has 1 aliphatic rings. The number of carbonyl (C=O) groups is 1. The molecule has 122 valence electrons. The number of H-pyrrole nitrogens is 1. The maximum absolute atomic E-state index is 12.3. The quantitative estimate of drug-likeness (QED) is 0.925. The first-order valence-corrected chi connectivity index (χ1v) is 8.05. The van der Waals surface area contributed by atoms with E-state index >= 15 is 0 Å². The lowest BCUT2D eigenvalue weighted by Gasteiger charge is -2.35. The van der Waals surface area contributed by atoms with Gasteiger partial charge >= 0.3 is 0 Å². The number of rotatable bonds is 2. The van der Waals surface area contributed by atoms with Crippen molar-refractivity contribution in [2.75, 3.05) is 13.1 Å². The molecule has 6 heteroatoms. The van der Waals surface area contributed by atoms with Gasteiger partial charge in [0.2, 0.25) is 5.91 Å². The van der Waals surface area contributed by atoms with E-state index in [2.05, 4.69) is 20.2 Å². The van der Waals surface area contributed by atoms with Crippen molar-refractivity contribution in [3.63, 3.8) is 0 Å². The zero-order chi connectivity index (χ0) is 16.4. The highest BCUT2D eigenvalue weighted by Crippen LogP contribution is 2.29. The molecule has 1 fully saturated rings. The van der Waals surface area contributed by atoms with Gasteiger partial charge in [-0.25, -0.2) is 0 Å². The molecule has 0 saturated carbocycles. The minimum Gasteiger partial charge on any atom is -0.342 e. The van der Waals surface area contributed by atoms with Crippen LogP contribution in [0.5, 0.6) is 0 Å². The lowest BCUT2D eigenvalue weighted by molar-refractivity contribution is -0.140. The third kappa shape index (κ3) is 3.41. The van der Waals surface area contributed by atoms with E-state index < -0.39 is 0 Å². The molecule has 1 aliphatic heterocycles. The summed E-state index contributed by atoms with van der Waals surface area (Å²) < 4.78 is 0. The Kier molecular flexibility index (Phi) is 4.15. The highest BCUT2D eigenvalue weighted by Gasteiger charge is 2.31. The van der Waals surface area contributed by atoms with Gasteiger partial charge in [-0.05, 0) is 12.8 Å². The summed E-state index contributed by atoms with van der Waals surface area (Å²) in [6.07, 6.45) is 9.09. The number of piperidine rings is 1. The summed E-state index contributed by atoms with van der Waals surface area (Å²) >= 11 is 0. The third-order valence-corrected chi connectivity index (χ3v) is 4.31. The van der Waals surface area contributed by atoms with Crippen molar-refractivity contribution in [2.45, 2.75) is 39.5 Å². The van der Waals surface area contributed by atoms with Crippen molar-refractivity contribution in [3.05, 3.63) is 30.5 Å². The van der Waals surface area contributed by atoms with Crippen LogP contribution < -0.4 is 0 Å². The summed E-state index contributed by atoms with van der Waals surface area (Å²) in [5.74, 6) is 0.613. The maximum Gasteiger partial charge on any atom is 0.227 e. The molecule has 0 bridgehead atoms. The van der Waals surface area contributed by atoms with Crippen molar-refractivity contribution >= 4 is 5.91 Å². The third-order valence-electron chi connectivity index (χ3n) is 4.31. The van der Waals surface area contributed by atoms with E-state index in [1.165, 1.54) is 0 Å². The molecule has 0 aliphatic carbocycles. The van der Waals surface area contributed by atoms with Crippen molar-refractivity contribution in [3.8, 4) is 11.3 Å². The number of nitrogens with one attached hydrogen (secondary N) is 1. The van der Waals surface area contributed by atoms with Crippen molar-refractivity contribution in [1.82, 2.24) is 25.1 Å². The van der Waals surface area contributed by atoms with Gasteiger partial charge < -0.3 is 4.90 Å². The average Bonchev–Trinajstić information content (AvgIpc) is 3.08. The van der Waals surface area contributed by atoms with Crippen LogP contribution in [0.15, 0.2) is 24.8 Å². The van der Waals surface area contributed by atoms with Gasteiger partial charge in [-0.15, -0.1) is 0 Å². The Morgan fingerprint density at radius 1 is 1.17 bits per heavy atom. The predicted molar refractivity (Wildman–Crippen MR) is 87.6 cm³/mol. The Morgan fingerprint density at radius 2 is 1.91 bits per heavy atom. The van der Waals surface area contributed by atoms with Gasteiger partial charge in [-0.3, -0.25) is 19.9 Å². The van der Waals surface area contributed by atoms with Gasteiger partial charge in [0.15, 0.2) is 0 Å². The van der Waals surface area contributed by atoms with Crippen LogP contribution in [-0.4, -0.2) is 44.1 Å². The highest BCUT2D eigenvalue weighted by atomic mass is 16.2. The number of hydrogen-bond donors (Lipinski definition) is 1. The molecule has 2 aromatic rings. The van der Waals surface area contributed by atoms with Crippen LogP contribution in [0, 0.1) is 5.41 Å². The molecule has 0 spiro atoms. The molecule has 1 amide bonds. The first-order chi connectivity index (χ1) is 10.9. The monoisotopic (exact) mass is 313 g/mol. The standard InChI is InChI=1S/C17H23N5O/c1-17(2,3)16(23)22-6-4-12(5-7-22)14-10-19-15(11-18-14)13-8-20-21-9-13/h8-12H,4-7H2,1-3H3,(H,20,21). The van der Waals surface area contributed by atoms with E-state index in [1.807, 2.05) is 31.9 Å². The normalized spacial score (nSPS) is 16.6. The van der Waals surface area contributed by atoms with Gasteiger partial charge in [0.1, 0.15) is 0 Å². The molecule has 3 rings (SSSR count). The Labute approximate surface area is 136 Å². The Balaban J connectivity index is 1.63. The predicted octanol–water partition coefficient (Wildman–Crippen LogP) is 2.62. The van der Waals surface area contributed by atoms with Gasteiger partial charge in [0.05, 0.1) is 23.8 Å². The molecule has 0 unspecified atom stereocenters.